The molecule has 0 radical (unpaired) electrons. The maximum Gasteiger partial charge on any atom is 0.0407 e. The Morgan fingerprint density at radius 1 is 0.850 bits per heavy atom. The van der Waals surface area contributed by atoms with E-state index in [1.807, 2.05) is 24.3 Å². The average molecular weight is 289 g/mol. The van der Waals surface area contributed by atoms with Gasteiger partial charge in [0.25, 0.3) is 0 Å². The Morgan fingerprint density at radius 3 is 2.00 bits per heavy atom. The second-order valence-corrected chi connectivity index (χ2v) is 5.57. The Hall–Kier alpha value is -1.67. The van der Waals surface area contributed by atoms with Gasteiger partial charge in [-0.15, -0.1) is 0 Å². The van der Waals surface area contributed by atoms with Crippen molar-refractivity contribution in [3.05, 3.63) is 58.1 Å². The van der Waals surface area contributed by atoms with Gasteiger partial charge in [0.2, 0.25) is 0 Å². The molecule has 3 heteroatoms. The molecule has 0 aromatic heterocycles. The Kier molecular flexibility index (Phi) is 4.91. The summed E-state index contributed by atoms with van der Waals surface area (Å²) in [7, 11) is 0. The molecule has 0 saturated carbocycles. The number of halogens is 1. The lowest BCUT2D eigenvalue weighted by Gasteiger charge is -2.14. The fraction of sp³-hybridized carbons (Fsp3) is 0.294. The van der Waals surface area contributed by atoms with Crippen LogP contribution in [0.3, 0.4) is 0 Å². The number of benzene rings is 2. The monoisotopic (exact) mass is 288 g/mol. The van der Waals surface area contributed by atoms with Crippen LogP contribution in [0.1, 0.15) is 16.7 Å². The van der Waals surface area contributed by atoms with Gasteiger partial charge in [-0.1, -0.05) is 29.3 Å². The fourth-order valence-electron chi connectivity index (χ4n) is 2.42. The first-order valence-corrected chi connectivity index (χ1v) is 7.25. The first-order valence-electron chi connectivity index (χ1n) is 6.87. The van der Waals surface area contributed by atoms with E-state index in [0.717, 1.165) is 23.8 Å². The van der Waals surface area contributed by atoms with Gasteiger partial charge in [-0.3, -0.25) is 0 Å². The number of rotatable bonds is 5. The molecule has 0 amide bonds. The van der Waals surface area contributed by atoms with Crippen molar-refractivity contribution < 1.29 is 0 Å². The topological polar surface area (TPSA) is 24.1 Å². The van der Waals surface area contributed by atoms with Crippen molar-refractivity contribution in [1.29, 1.82) is 0 Å². The van der Waals surface area contributed by atoms with Crippen molar-refractivity contribution in [3.8, 4) is 0 Å². The Balaban J connectivity index is 1.86. The van der Waals surface area contributed by atoms with Gasteiger partial charge in [0, 0.05) is 29.5 Å². The molecule has 0 aliphatic carbocycles. The first kappa shape index (κ1) is 14.7. The van der Waals surface area contributed by atoms with Crippen molar-refractivity contribution in [2.75, 3.05) is 23.7 Å². The summed E-state index contributed by atoms with van der Waals surface area (Å²) in [5, 5.41) is 7.64. The van der Waals surface area contributed by atoms with Crippen LogP contribution in [0.4, 0.5) is 11.4 Å². The van der Waals surface area contributed by atoms with Crippen molar-refractivity contribution in [2.45, 2.75) is 20.8 Å². The average Bonchev–Trinajstić information content (AvgIpc) is 2.39. The van der Waals surface area contributed by atoms with Gasteiger partial charge in [0.1, 0.15) is 0 Å². The number of nitrogens with one attached hydrogen (secondary N) is 2. The summed E-state index contributed by atoms with van der Waals surface area (Å²) in [5.74, 6) is 0. The van der Waals surface area contributed by atoms with Crippen LogP contribution in [0.2, 0.25) is 5.02 Å². The molecule has 2 rings (SSSR count). The van der Waals surface area contributed by atoms with Crippen LogP contribution >= 0.6 is 11.6 Å². The SMILES string of the molecule is Cc1cc(C)c(NCCNc2ccc(Cl)cc2)c(C)c1. The molecule has 0 aliphatic heterocycles. The minimum atomic E-state index is 0.763. The zero-order chi connectivity index (χ0) is 14.5. The highest BCUT2D eigenvalue weighted by molar-refractivity contribution is 6.30. The molecular weight excluding hydrogens is 268 g/mol. The molecule has 0 atom stereocenters. The third-order valence-corrected chi connectivity index (χ3v) is 3.53. The molecule has 2 nitrogen and oxygen atoms in total. The normalized spacial score (nSPS) is 10.4. The second kappa shape index (κ2) is 6.67. The molecule has 0 unspecified atom stereocenters. The molecule has 0 spiro atoms. The number of anilines is 2. The molecule has 2 aromatic carbocycles. The predicted octanol–water partition coefficient (Wildman–Crippen LogP) is 4.79. The van der Waals surface area contributed by atoms with Gasteiger partial charge in [0.05, 0.1) is 0 Å². The Bertz CT molecular complexity index is 553. The van der Waals surface area contributed by atoms with Crippen LogP contribution in [0, 0.1) is 20.8 Å². The van der Waals surface area contributed by atoms with Crippen molar-refractivity contribution >= 4 is 23.0 Å². The summed E-state index contributed by atoms with van der Waals surface area (Å²) in [6.45, 7) is 8.18. The van der Waals surface area contributed by atoms with Gasteiger partial charge < -0.3 is 10.6 Å². The number of hydrogen-bond donors (Lipinski definition) is 2. The molecular formula is C17H21ClN2. The van der Waals surface area contributed by atoms with Crippen LogP contribution in [0.5, 0.6) is 0 Å². The highest BCUT2D eigenvalue weighted by atomic mass is 35.5. The van der Waals surface area contributed by atoms with Crippen molar-refractivity contribution in [2.24, 2.45) is 0 Å². The van der Waals surface area contributed by atoms with Crippen molar-refractivity contribution in [1.82, 2.24) is 0 Å². The van der Waals surface area contributed by atoms with Gasteiger partial charge in [-0.05, 0) is 56.2 Å². The van der Waals surface area contributed by atoms with E-state index in [9.17, 15) is 0 Å². The first-order chi connectivity index (χ1) is 9.56. The fourth-order valence-corrected chi connectivity index (χ4v) is 2.55. The van der Waals surface area contributed by atoms with E-state index in [0.29, 0.717) is 0 Å². The van der Waals surface area contributed by atoms with E-state index < -0.39 is 0 Å². The molecule has 106 valence electrons. The smallest absolute Gasteiger partial charge is 0.0407 e. The zero-order valence-electron chi connectivity index (χ0n) is 12.3. The second-order valence-electron chi connectivity index (χ2n) is 5.13. The van der Waals surface area contributed by atoms with E-state index in [4.69, 9.17) is 11.6 Å². The van der Waals surface area contributed by atoms with Crippen LogP contribution in [0.15, 0.2) is 36.4 Å². The molecule has 2 N–H and O–H groups in total. The van der Waals surface area contributed by atoms with E-state index >= 15 is 0 Å². The number of aryl methyl sites for hydroxylation is 3. The highest BCUT2D eigenvalue weighted by Crippen LogP contribution is 2.21. The maximum atomic E-state index is 5.86. The molecule has 0 fully saturated rings. The van der Waals surface area contributed by atoms with Crippen molar-refractivity contribution in [3.63, 3.8) is 0 Å². The summed E-state index contributed by atoms with van der Waals surface area (Å²) in [5.41, 5.74) is 6.25. The molecule has 20 heavy (non-hydrogen) atoms. The minimum absolute atomic E-state index is 0.763. The third-order valence-electron chi connectivity index (χ3n) is 3.28. The quantitative estimate of drug-likeness (QED) is 0.773. The zero-order valence-corrected chi connectivity index (χ0v) is 13.0. The predicted molar refractivity (Wildman–Crippen MR) is 89.1 cm³/mol. The lowest BCUT2D eigenvalue weighted by atomic mass is 10.1. The molecule has 2 aromatic rings. The van der Waals surface area contributed by atoms with Crippen LogP contribution in [0.25, 0.3) is 0 Å². The molecule has 0 aliphatic rings. The van der Waals surface area contributed by atoms with Crippen LogP contribution in [-0.2, 0) is 0 Å². The van der Waals surface area contributed by atoms with Crippen LogP contribution < -0.4 is 10.6 Å². The summed E-state index contributed by atoms with van der Waals surface area (Å²) >= 11 is 5.86. The van der Waals surface area contributed by atoms with Gasteiger partial charge >= 0.3 is 0 Å². The largest absolute Gasteiger partial charge is 0.383 e. The molecule has 0 heterocycles. The summed E-state index contributed by atoms with van der Waals surface area (Å²) < 4.78 is 0. The summed E-state index contributed by atoms with van der Waals surface area (Å²) in [6, 6.07) is 12.2. The van der Waals surface area contributed by atoms with Crippen LogP contribution in [-0.4, -0.2) is 13.1 Å². The van der Waals surface area contributed by atoms with E-state index in [-0.39, 0.29) is 0 Å². The number of hydrogen-bond acceptors (Lipinski definition) is 2. The van der Waals surface area contributed by atoms with Gasteiger partial charge in [-0.2, -0.15) is 0 Å². The third kappa shape index (κ3) is 3.91. The van der Waals surface area contributed by atoms with E-state index in [1.165, 1.54) is 22.4 Å². The van der Waals surface area contributed by atoms with Gasteiger partial charge in [0.15, 0.2) is 0 Å². The lowest BCUT2D eigenvalue weighted by molar-refractivity contribution is 1.07. The Morgan fingerprint density at radius 2 is 1.40 bits per heavy atom. The van der Waals surface area contributed by atoms with E-state index in [1.54, 1.807) is 0 Å². The molecule has 0 bridgehead atoms. The lowest BCUT2D eigenvalue weighted by Crippen LogP contribution is -2.14. The summed E-state index contributed by atoms with van der Waals surface area (Å²) in [4.78, 5) is 0. The van der Waals surface area contributed by atoms with E-state index in [2.05, 4.69) is 43.5 Å². The maximum absolute atomic E-state index is 5.86. The van der Waals surface area contributed by atoms with Gasteiger partial charge in [-0.25, -0.2) is 0 Å². The highest BCUT2D eigenvalue weighted by Gasteiger charge is 2.02. The summed E-state index contributed by atoms with van der Waals surface area (Å²) in [6.07, 6.45) is 0. The molecule has 0 saturated heterocycles. The standard InChI is InChI=1S/C17H21ClN2/c1-12-10-13(2)17(14(3)11-12)20-9-8-19-16-6-4-15(18)5-7-16/h4-7,10-11,19-20H,8-9H2,1-3H3. The Labute approximate surface area is 126 Å². The minimum Gasteiger partial charge on any atom is -0.383 e.